The fraction of sp³-hybridized carbons (Fsp3) is 0. The maximum Gasteiger partial charge on any atom is 0.0177 e. The fourth-order valence-electron chi connectivity index (χ4n) is 2.18. The molecule has 0 N–H and O–H groups in total. The lowest BCUT2D eigenvalue weighted by Crippen LogP contribution is -1.86. The first-order chi connectivity index (χ1) is 11.9. The van der Waals surface area contributed by atoms with E-state index in [4.69, 9.17) is 0 Å². The van der Waals surface area contributed by atoms with Gasteiger partial charge in [-0.15, -0.1) is 0 Å². The van der Waals surface area contributed by atoms with E-state index in [9.17, 15) is 0 Å². The normalized spacial score (nSPS) is 10.5. The Morgan fingerprint density at radius 3 is 1.54 bits per heavy atom. The summed E-state index contributed by atoms with van der Waals surface area (Å²) >= 11 is 0. The second-order valence-corrected chi connectivity index (χ2v) is 4.99. The van der Waals surface area contributed by atoms with E-state index >= 15 is 0 Å². The van der Waals surface area contributed by atoms with Crippen LogP contribution in [0.5, 0.6) is 0 Å². The maximum absolute atomic E-state index is 4.47. The molecule has 0 amide bonds. The highest BCUT2D eigenvalue weighted by Gasteiger charge is 1.95. The summed E-state index contributed by atoms with van der Waals surface area (Å²) < 4.78 is 0. The van der Waals surface area contributed by atoms with Gasteiger partial charge in [0, 0.05) is 28.9 Å². The van der Waals surface area contributed by atoms with E-state index in [0.717, 1.165) is 5.39 Å². The summed E-state index contributed by atoms with van der Waals surface area (Å²) in [6.07, 6.45) is 3.39. The molecule has 6 nitrogen and oxygen atoms in total. The largest absolute Gasteiger partial charge is 0.369 e. The van der Waals surface area contributed by atoms with Gasteiger partial charge >= 0.3 is 0 Å². The Labute approximate surface area is 138 Å². The van der Waals surface area contributed by atoms with Gasteiger partial charge in [0.25, 0.3) is 0 Å². The van der Waals surface area contributed by atoms with Gasteiger partial charge in [-0.25, -0.2) is 0 Å². The Kier molecular flexibility index (Phi) is 3.69. The summed E-state index contributed by atoms with van der Waals surface area (Å²) in [7, 11) is 0. The zero-order valence-electron chi connectivity index (χ0n) is 12.6. The van der Waals surface area contributed by atoms with Crippen LogP contribution in [0.25, 0.3) is 21.7 Å². The van der Waals surface area contributed by atoms with E-state index < -0.39 is 0 Å². The van der Waals surface area contributed by atoms with E-state index in [0.29, 0.717) is 28.9 Å². The molecule has 116 valence electrons. The van der Waals surface area contributed by atoms with Gasteiger partial charge in [0.05, 0.1) is 0 Å². The minimum absolute atomic E-state index is 0.559. The molecule has 0 saturated heterocycles. The van der Waals surface area contributed by atoms with Crippen molar-refractivity contribution in [2.75, 3.05) is 0 Å². The van der Waals surface area contributed by atoms with Crippen LogP contribution in [-0.2, 0) is 0 Å². The highest BCUT2D eigenvalue weighted by molar-refractivity contribution is 5.80. The topological polar surface area (TPSA) is 79.8 Å². The summed E-state index contributed by atoms with van der Waals surface area (Å²) in [5, 5.41) is 9.73. The summed E-state index contributed by atoms with van der Waals surface area (Å²) in [5.74, 6) is 2.34. The van der Waals surface area contributed by atoms with Crippen molar-refractivity contribution < 1.29 is 0 Å². The van der Waals surface area contributed by atoms with Crippen LogP contribution in [0.2, 0.25) is 0 Å². The molecule has 0 saturated carbocycles. The Morgan fingerprint density at radius 2 is 1.08 bits per heavy atom. The van der Waals surface area contributed by atoms with Gasteiger partial charge in [-0.3, -0.25) is 0 Å². The van der Waals surface area contributed by atoms with E-state index in [-0.39, 0.29) is 0 Å². The molecule has 4 rings (SSSR count). The monoisotopic (exact) mass is 312 g/mol. The van der Waals surface area contributed by atoms with Crippen molar-refractivity contribution in [1.29, 1.82) is 0 Å². The van der Waals surface area contributed by atoms with Gasteiger partial charge in [-0.05, 0) is 42.0 Å². The van der Waals surface area contributed by atoms with E-state index in [2.05, 4.69) is 30.6 Å². The summed E-state index contributed by atoms with van der Waals surface area (Å²) in [4.78, 5) is 17.3. The van der Waals surface area contributed by atoms with E-state index in [1.807, 2.05) is 60.7 Å². The molecule has 0 atom stereocenters. The summed E-state index contributed by atoms with van der Waals surface area (Å²) in [5.41, 5.74) is 0.587. The van der Waals surface area contributed by atoms with Crippen molar-refractivity contribution in [2.45, 2.75) is 0 Å². The second-order valence-electron chi connectivity index (χ2n) is 4.99. The molecule has 4 aromatic rings. The predicted molar refractivity (Wildman–Crippen MR) is 93.4 cm³/mol. The van der Waals surface area contributed by atoms with Crippen LogP contribution >= 0.6 is 0 Å². The van der Waals surface area contributed by atoms with E-state index in [1.54, 1.807) is 12.4 Å². The molecule has 0 aliphatic rings. The standard InChI is InChI=1S/C18H12N6/c1-3-11-19-14(5-1)21-16-9-7-13-8-10-17(24-18(13)23-16)22-15-6-2-4-12-20-15/h1-12H/q-2. The first-order valence-corrected chi connectivity index (χ1v) is 7.40. The van der Waals surface area contributed by atoms with E-state index in [1.165, 1.54) is 0 Å². The van der Waals surface area contributed by atoms with Crippen LogP contribution in [0, 0.1) is 0 Å². The van der Waals surface area contributed by atoms with Crippen molar-refractivity contribution in [3.8, 4) is 0 Å². The first-order valence-electron chi connectivity index (χ1n) is 7.40. The van der Waals surface area contributed by atoms with Crippen molar-refractivity contribution in [1.82, 2.24) is 19.9 Å². The average molecular weight is 312 g/mol. The van der Waals surface area contributed by atoms with Crippen LogP contribution in [0.15, 0.2) is 73.1 Å². The molecule has 24 heavy (non-hydrogen) atoms. The maximum atomic E-state index is 4.47. The third kappa shape index (κ3) is 3.12. The number of rotatable bonds is 4. The highest BCUT2D eigenvalue weighted by Crippen LogP contribution is 2.30. The quantitative estimate of drug-likeness (QED) is 0.525. The van der Waals surface area contributed by atoms with Crippen molar-refractivity contribution in [3.05, 3.63) is 83.7 Å². The molecule has 0 bridgehead atoms. The molecule has 4 aromatic heterocycles. The summed E-state index contributed by atoms with van der Waals surface area (Å²) in [6.45, 7) is 0. The lowest BCUT2D eigenvalue weighted by molar-refractivity contribution is 1.27. The predicted octanol–water partition coefficient (Wildman–Crippen LogP) is 5.09. The molecule has 0 radical (unpaired) electrons. The Morgan fingerprint density at radius 1 is 0.542 bits per heavy atom. The number of pyridine rings is 4. The Balaban J connectivity index is 1.63. The molecule has 0 aliphatic carbocycles. The number of fused-ring (bicyclic) bond motifs is 1. The number of nitrogens with zero attached hydrogens (tertiary/aromatic N) is 6. The molecule has 0 fully saturated rings. The van der Waals surface area contributed by atoms with Crippen molar-refractivity contribution in [2.24, 2.45) is 0 Å². The molecular weight excluding hydrogens is 300 g/mol. The lowest BCUT2D eigenvalue weighted by atomic mass is 10.3. The third-order valence-electron chi connectivity index (χ3n) is 3.28. The van der Waals surface area contributed by atoms with Crippen LogP contribution in [0.4, 0.5) is 23.3 Å². The molecular formula is C18H12N6-2. The van der Waals surface area contributed by atoms with Crippen LogP contribution in [0.3, 0.4) is 0 Å². The van der Waals surface area contributed by atoms with Gasteiger partial charge in [0.15, 0.2) is 0 Å². The van der Waals surface area contributed by atoms with Crippen molar-refractivity contribution >= 4 is 34.3 Å². The second kappa shape index (κ2) is 6.29. The zero-order valence-corrected chi connectivity index (χ0v) is 12.6. The van der Waals surface area contributed by atoms with Crippen LogP contribution in [0.1, 0.15) is 0 Å². The average Bonchev–Trinajstić information content (AvgIpc) is 2.63. The SMILES string of the molecule is c1ccc([N-]c2ccc3ccc([N-]c4ccccn4)nc3n2)nc1. The Bertz CT molecular complexity index is 880. The number of hydrogen-bond donors (Lipinski definition) is 0. The number of hydrogen-bond acceptors (Lipinski definition) is 4. The minimum atomic E-state index is 0.559. The van der Waals surface area contributed by atoms with Crippen LogP contribution < -0.4 is 0 Å². The molecule has 6 heteroatoms. The third-order valence-corrected chi connectivity index (χ3v) is 3.28. The smallest absolute Gasteiger partial charge is 0.0177 e. The Hall–Kier alpha value is -3.54. The fourth-order valence-corrected chi connectivity index (χ4v) is 2.18. The van der Waals surface area contributed by atoms with Gasteiger partial charge in [0.2, 0.25) is 0 Å². The molecule has 4 heterocycles. The van der Waals surface area contributed by atoms with Crippen LogP contribution in [-0.4, -0.2) is 19.9 Å². The molecule has 0 spiro atoms. The number of aromatic nitrogens is 4. The molecule has 0 unspecified atom stereocenters. The summed E-state index contributed by atoms with van der Waals surface area (Å²) in [6, 6.07) is 18.7. The van der Waals surface area contributed by atoms with Gasteiger partial charge in [-0.2, -0.15) is 0 Å². The van der Waals surface area contributed by atoms with Crippen molar-refractivity contribution in [3.63, 3.8) is 0 Å². The van der Waals surface area contributed by atoms with Gasteiger partial charge in [0.1, 0.15) is 0 Å². The van der Waals surface area contributed by atoms with Gasteiger partial charge in [-0.1, -0.05) is 36.4 Å². The van der Waals surface area contributed by atoms with Gasteiger partial charge < -0.3 is 30.6 Å². The first kappa shape index (κ1) is 14.1. The highest BCUT2D eigenvalue weighted by atomic mass is 15.1. The zero-order chi connectivity index (χ0) is 16.2. The minimum Gasteiger partial charge on any atom is -0.369 e. The molecule has 0 aromatic carbocycles. The lowest BCUT2D eigenvalue weighted by Gasteiger charge is -2.16. The molecule has 0 aliphatic heterocycles.